The second kappa shape index (κ2) is 13.1. The molecule has 0 amide bonds. The highest BCUT2D eigenvalue weighted by molar-refractivity contribution is 7.25. The maximum atomic E-state index is 6.25. The maximum Gasteiger partial charge on any atom is 0.227 e. The molecule has 0 N–H and O–H groups in total. The van der Waals surface area contributed by atoms with Crippen LogP contribution in [0.15, 0.2) is 199 Å². The number of oxazole rings is 1. The highest BCUT2D eigenvalue weighted by Gasteiger charge is 2.19. The average Bonchev–Trinajstić information content (AvgIpc) is 3.82. The molecule has 53 heavy (non-hydrogen) atoms. The van der Waals surface area contributed by atoms with Crippen molar-refractivity contribution in [1.82, 2.24) is 4.98 Å². The van der Waals surface area contributed by atoms with Crippen LogP contribution in [-0.2, 0) is 0 Å². The zero-order valence-corrected chi connectivity index (χ0v) is 29.5. The van der Waals surface area contributed by atoms with Crippen molar-refractivity contribution < 1.29 is 4.42 Å². The van der Waals surface area contributed by atoms with Crippen molar-refractivity contribution >= 4 is 59.7 Å². The van der Waals surface area contributed by atoms with Gasteiger partial charge >= 0.3 is 0 Å². The summed E-state index contributed by atoms with van der Waals surface area (Å²) >= 11 is 1.79. The Kier molecular flexibility index (Phi) is 7.67. The molecule has 0 spiro atoms. The fraction of sp³-hybridized carbons (Fsp3) is 0. The highest BCUT2D eigenvalue weighted by Crippen LogP contribution is 2.45. The smallest absolute Gasteiger partial charge is 0.227 e. The van der Waals surface area contributed by atoms with E-state index in [4.69, 9.17) is 9.40 Å². The van der Waals surface area contributed by atoms with Crippen LogP contribution in [0.25, 0.3) is 76.1 Å². The van der Waals surface area contributed by atoms with Gasteiger partial charge in [0.1, 0.15) is 5.52 Å². The van der Waals surface area contributed by atoms with E-state index < -0.39 is 0 Å². The molecule has 250 valence electrons. The molecule has 0 saturated carbocycles. The van der Waals surface area contributed by atoms with Gasteiger partial charge in [-0.25, -0.2) is 4.98 Å². The number of thiophene rings is 1. The minimum atomic E-state index is 0.641. The summed E-state index contributed by atoms with van der Waals surface area (Å²) in [4.78, 5) is 7.28. The molecule has 8 aromatic carbocycles. The average molecular weight is 697 g/mol. The van der Waals surface area contributed by atoms with Crippen LogP contribution in [0.5, 0.6) is 0 Å². The molecule has 0 atom stereocenters. The van der Waals surface area contributed by atoms with Gasteiger partial charge in [-0.3, -0.25) is 0 Å². The summed E-state index contributed by atoms with van der Waals surface area (Å²) in [6, 6.07) is 68.9. The van der Waals surface area contributed by atoms with Gasteiger partial charge in [-0.05, 0) is 82.4 Å². The van der Waals surface area contributed by atoms with Crippen LogP contribution in [0.3, 0.4) is 0 Å². The van der Waals surface area contributed by atoms with Crippen LogP contribution < -0.4 is 4.90 Å². The zero-order chi connectivity index (χ0) is 35.1. The second-order valence-electron chi connectivity index (χ2n) is 13.2. The van der Waals surface area contributed by atoms with Gasteiger partial charge in [-0.15, -0.1) is 11.3 Å². The molecule has 0 bridgehead atoms. The van der Waals surface area contributed by atoms with Gasteiger partial charge in [0.15, 0.2) is 5.58 Å². The molecule has 10 rings (SSSR count). The lowest BCUT2D eigenvalue weighted by molar-refractivity contribution is 0.620. The quantitative estimate of drug-likeness (QED) is 0.166. The predicted molar refractivity (Wildman–Crippen MR) is 223 cm³/mol. The summed E-state index contributed by atoms with van der Waals surface area (Å²) < 4.78 is 8.65. The van der Waals surface area contributed by atoms with Crippen molar-refractivity contribution in [2.24, 2.45) is 0 Å². The summed E-state index contributed by atoms with van der Waals surface area (Å²) in [5.41, 5.74) is 13.1. The first kappa shape index (κ1) is 31.0. The van der Waals surface area contributed by atoms with E-state index in [2.05, 4.69) is 169 Å². The summed E-state index contributed by atoms with van der Waals surface area (Å²) in [5.74, 6) is 0.641. The van der Waals surface area contributed by atoms with Crippen LogP contribution in [-0.4, -0.2) is 4.98 Å². The minimum absolute atomic E-state index is 0.641. The largest absolute Gasteiger partial charge is 0.436 e. The van der Waals surface area contributed by atoms with E-state index in [-0.39, 0.29) is 0 Å². The molecule has 0 aliphatic heterocycles. The summed E-state index contributed by atoms with van der Waals surface area (Å²) in [6.07, 6.45) is 0. The molecule has 0 aliphatic rings. The third kappa shape index (κ3) is 5.76. The van der Waals surface area contributed by atoms with Gasteiger partial charge in [-0.1, -0.05) is 133 Å². The molecule has 0 unspecified atom stereocenters. The van der Waals surface area contributed by atoms with Gasteiger partial charge in [0.25, 0.3) is 0 Å². The zero-order valence-electron chi connectivity index (χ0n) is 28.7. The number of para-hydroxylation sites is 1. The Balaban J connectivity index is 1.09. The van der Waals surface area contributed by atoms with Gasteiger partial charge in [-0.2, -0.15) is 0 Å². The number of aromatic nitrogens is 1. The first-order valence-electron chi connectivity index (χ1n) is 17.8. The summed E-state index contributed by atoms with van der Waals surface area (Å²) in [5, 5.41) is 2.38. The Morgan fingerprint density at radius 2 is 0.943 bits per heavy atom. The normalized spacial score (nSPS) is 11.4. The van der Waals surface area contributed by atoms with Crippen LogP contribution in [0, 0.1) is 0 Å². The number of benzene rings is 8. The third-order valence-corrected chi connectivity index (χ3v) is 11.1. The van der Waals surface area contributed by atoms with E-state index in [1.807, 2.05) is 30.3 Å². The Morgan fingerprint density at radius 3 is 1.62 bits per heavy atom. The molecule has 4 heteroatoms. The van der Waals surface area contributed by atoms with Crippen molar-refractivity contribution in [3.8, 4) is 44.8 Å². The van der Waals surface area contributed by atoms with E-state index in [1.54, 1.807) is 11.3 Å². The van der Waals surface area contributed by atoms with Crippen molar-refractivity contribution in [3.63, 3.8) is 0 Å². The van der Waals surface area contributed by atoms with Crippen LogP contribution in [0.4, 0.5) is 17.1 Å². The minimum Gasteiger partial charge on any atom is -0.436 e. The number of fused-ring (bicyclic) bond motifs is 4. The summed E-state index contributed by atoms with van der Waals surface area (Å²) in [7, 11) is 0. The number of anilines is 3. The first-order valence-corrected chi connectivity index (χ1v) is 18.6. The van der Waals surface area contributed by atoms with E-state index in [0.29, 0.717) is 5.89 Å². The number of hydrogen-bond acceptors (Lipinski definition) is 4. The Hall–Kier alpha value is -6.75. The van der Waals surface area contributed by atoms with Crippen molar-refractivity contribution in [3.05, 3.63) is 194 Å². The molecular formula is C49H32N2OS. The number of rotatable bonds is 7. The van der Waals surface area contributed by atoms with E-state index in [0.717, 1.165) is 33.7 Å². The molecule has 2 aromatic heterocycles. The molecule has 0 radical (unpaired) electrons. The lowest BCUT2D eigenvalue weighted by Crippen LogP contribution is -2.11. The maximum absolute atomic E-state index is 6.25. The highest BCUT2D eigenvalue weighted by atomic mass is 32.1. The predicted octanol–water partition coefficient (Wildman–Crippen LogP) is 14.3. The molecule has 0 aliphatic carbocycles. The van der Waals surface area contributed by atoms with E-state index >= 15 is 0 Å². The van der Waals surface area contributed by atoms with Crippen molar-refractivity contribution in [2.45, 2.75) is 0 Å². The lowest BCUT2D eigenvalue weighted by atomic mass is 9.99. The van der Waals surface area contributed by atoms with Gasteiger partial charge in [0.05, 0.1) is 5.69 Å². The standard InChI is InChI=1S/C49H32N2OS/c1-4-12-33(13-5-1)34-20-22-35(23-21-34)36-24-26-39(27-25-36)51(45-19-11-10-18-41(45)37-14-6-2-7-15-37)40-28-29-47-42(30-40)43-31-44-46(32-48(43)53-47)52-49(50-44)38-16-8-3-9-17-38/h1-32H. The summed E-state index contributed by atoms with van der Waals surface area (Å²) in [6.45, 7) is 0. The van der Waals surface area contributed by atoms with Gasteiger partial charge in [0, 0.05) is 48.7 Å². The van der Waals surface area contributed by atoms with Crippen LogP contribution in [0.2, 0.25) is 0 Å². The fourth-order valence-electron chi connectivity index (χ4n) is 7.28. The van der Waals surface area contributed by atoms with Crippen LogP contribution in [0.1, 0.15) is 0 Å². The van der Waals surface area contributed by atoms with Crippen molar-refractivity contribution in [1.29, 1.82) is 0 Å². The monoisotopic (exact) mass is 696 g/mol. The van der Waals surface area contributed by atoms with E-state index in [1.165, 1.54) is 53.6 Å². The molecule has 3 nitrogen and oxygen atoms in total. The molecule has 0 saturated heterocycles. The second-order valence-corrected chi connectivity index (χ2v) is 14.3. The van der Waals surface area contributed by atoms with E-state index in [9.17, 15) is 0 Å². The number of nitrogens with zero attached hydrogens (tertiary/aromatic N) is 2. The fourth-order valence-corrected chi connectivity index (χ4v) is 8.37. The Morgan fingerprint density at radius 1 is 0.415 bits per heavy atom. The van der Waals surface area contributed by atoms with Crippen molar-refractivity contribution in [2.75, 3.05) is 4.90 Å². The molecule has 10 aromatic rings. The lowest BCUT2D eigenvalue weighted by Gasteiger charge is -2.28. The van der Waals surface area contributed by atoms with Crippen LogP contribution >= 0.6 is 11.3 Å². The van der Waals surface area contributed by atoms with Gasteiger partial charge in [0.2, 0.25) is 5.89 Å². The first-order chi connectivity index (χ1) is 26.2. The molecule has 0 fully saturated rings. The Labute approximate surface area is 311 Å². The topological polar surface area (TPSA) is 29.3 Å². The van der Waals surface area contributed by atoms with Gasteiger partial charge < -0.3 is 9.32 Å². The third-order valence-electron chi connectivity index (χ3n) is 9.92. The Bertz CT molecular complexity index is 2860. The molecular weight excluding hydrogens is 665 g/mol. The SMILES string of the molecule is c1ccc(-c2ccc(-c3ccc(N(c4ccc5sc6cc7oc(-c8ccccc8)nc7cc6c5c4)c4ccccc4-c4ccccc4)cc3)cc2)cc1. The number of hydrogen-bond donors (Lipinski definition) is 0. The molecule has 2 heterocycles.